The molecule has 2 atom stereocenters. The number of carboxylic acid groups (broad SMARTS) is 1. The minimum Gasteiger partial charge on any atom is -0.481 e. The minimum absolute atomic E-state index is 0.00743. The molecule has 0 aliphatic heterocycles. The van der Waals surface area contributed by atoms with Crippen molar-refractivity contribution in [3.8, 4) is 0 Å². The van der Waals surface area contributed by atoms with Crippen molar-refractivity contribution in [1.29, 1.82) is 0 Å². The molecule has 0 aliphatic rings. The van der Waals surface area contributed by atoms with Crippen LogP contribution in [-0.2, 0) is 9.59 Å². The van der Waals surface area contributed by atoms with Crippen molar-refractivity contribution >= 4 is 23.6 Å². The Morgan fingerprint density at radius 1 is 1.40 bits per heavy atom. The highest BCUT2D eigenvalue weighted by molar-refractivity contribution is 8.00. The number of aliphatic hydroxyl groups excluding tert-OH is 1. The fourth-order valence-electron chi connectivity index (χ4n) is 1.58. The Balaban J connectivity index is 2.47. The van der Waals surface area contributed by atoms with E-state index in [0.29, 0.717) is 5.56 Å². The van der Waals surface area contributed by atoms with Gasteiger partial charge in [-0.3, -0.25) is 9.59 Å². The number of benzene rings is 1. The van der Waals surface area contributed by atoms with E-state index in [-0.39, 0.29) is 17.4 Å². The lowest BCUT2D eigenvalue weighted by atomic mass is 10.0. The maximum atomic E-state index is 13.0. The molecule has 110 valence electrons. The molecule has 0 saturated heterocycles. The van der Waals surface area contributed by atoms with Gasteiger partial charge in [-0.2, -0.15) is 0 Å². The summed E-state index contributed by atoms with van der Waals surface area (Å²) in [7, 11) is 0. The van der Waals surface area contributed by atoms with Crippen molar-refractivity contribution in [2.24, 2.45) is 0 Å². The van der Waals surface area contributed by atoms with Crippen LogP contribution in [0.5, 0.6) is 0 Å². The van der Waals surface area contributed by atoms with Crippen LogP contribution in [0.3, 0.4) is 0 Å². The Hall–Kier alpha value is -1.60. The molecule has 5 nitrogen and oxygen atoms in total. The number of carbonyl (C=O) groups is 2. The summed E-state index contributed by atoms with van der Waals surface area (Å²) >= 11 is 0.968. The van der Waals surface area contributed by atoms with E-state index in [9.17, 15) is 19.1 Å². The quantitative estimate of drug-likeness (QED) is 0.704. The Morgan fingerprint density at radius 3 is 2.70 bits per heavy atom. The smallest absolute Gasteiger partial charge is 0.313 e. The van der Waals surface area contributed by atoms with E-state index in [0.717, 1.165) is 11.8 Å². The van der Waals surface area contributed by atoms with Crippen LogP contribution in [0, 0.1) is 5.82 Å². The van der Waals surface area contributed by atoms with Gasteiger partial charge in [0, 0.05) is 0 Å². The summed E-state index contributed by atoms with van der Waals surface area (Å²) in [4.78, 5) is 21.8. The number of carboxylic acids is 1. The number of carbonyl (C=O) groups excluding carboxylic acids is 1. The van der Waals surface area contributed by atoms with Crippen LogP contribution in [0.15, 0.2) is 24.3 Å². The number of aliphatic hydroxyl groups is 1. The molecule has 7 heteroatoms. The van der Waals surface area contributed by atoms with Crippen LogP contribution in [0.25, 0.3) is 0 Å². The van der Waals surface area contributed by atoms with Gasteiger partial charge in [0.25, 0.3) is 0 Å². The van der Waals surface area contributed by atoms with Crippen LogP contribution in [0.1, 0.15) is 18.6 Å². The predicted octanol–water partition coefficient (Wildman–Crippen LogP) is 1.18. The summed E-state index contributed by atoms with van der Waals surface area (Å²) in [5.74, 6) is -1.99. The number of halogens is 1. The second-order valence-electron chi connectivity index (χ2n) is 4.24. The molecule has 3 N–H and O–H groups in total. The summed E-state index contributed by atoms with van der Waals surface area (Å²) in [5, 5.41) is 21.0. The molecule has 2 unspecified atom stereocenters. The van der Waals surface area contributed by atoms with Crippen LogP contribution < -0.4 is 5.32 Å². The van der Waals surface area contributed by atoms with Gasteiger partial charge >= 0.3 is 5.97 Å². The summed E-state index contributed by atoms with van der Waals surface area (Å²) < 4.78 is 13.0. The molecule has 0 saturated carbocycles. The van der Waals surface area contributed by atoms with Gasteiger partial charge in [-0.05, 0) is 24.6 Å². The molecule has 1 aromatic carbocycles. The molecule has 0 heterocycles. The van der Waals surface area contributed by atoms with Crippen molar-refractivity contribution in [1.82, 2.24) is 5.32 Å². The molecule has 1 aromatic rings. The zero-order valence-electron chi connectivity index (χ0n) is 10.9. The number of amides is 1. The molecule has 1 rings (SSSR count). The maximum Gasteiger partial charge on any atom is 0.313 e. The number of thioether (sulfide) groups is 1. The monoisotopic (exact) mass is 301 g/mol. The summed E-state index contributed by atoms with van der Waals surface area (Å²) in [5.41, 5.74) is 0.371. The third-order valence-corrected chi connectivity index (χ3v) is 3.43. The van der Waals surface area contributed by atoms with E-state index >= 15 is 0 Å². The molecule has 0 spiro atoms. The first-order chi connectivity index (χ1) is 9.40. The first-order valence-corrected chi connectivity index (χ1v) is 7.08. The first-order valence-electron chi connectivity index (χ1n) is 5.92. The summed E-state index contributed by atoms with van der Waals surface area (Å²) in [6.45, 7) is 1.59. The fourth-order valence-corrected chi connectivity index (χ4v) is 2.13. The minimum atomic E-state index is -1.03. The number of rotatable bonds is 7. The molecular formula is C13H16FNO4S. The third-order valence-electron chi connectivity index (χ3n) is 2.51. The van der Waals surface area contributed by atoms with Crippen molar-refractivity contribution < 1.29 is 24.2 Å². The van der Waals surface area contributed by atoms with Gasteiger partial charge in [-0.15, -0.1) is 11.8 Å². The van der Waals surface area contributed by atoms with Gasteiger partial charge in [-0.25, -0.2) is 4.39 Å². The second kappa shape index (κ2) is 7.86. The van der Waals surface area contributed by atoms with Crippen molar-refractivity contribution in [2.45, 2.75) is 19.1 Å². The Bertz CT molecular complexity index is 483. The van der Waals surface area contributed by atoms with Crippen LogP contribution in [0.2, 0.25) is 0 Å². The standard InChI is InChI=1S/C13H16FNO4S/c1-8(15-11(16)6-20-7-12(17)18)13(19)9-3-2-4-10(14)5-9/h2-5,8,13,19H,6-7H2,1H3,(H,15,16)(H,17,18). The highest BCUT2D eigenvalue weighted by Crippen LogP contribution is 2.17. The molecule has 0 fully saturated rings. The van der Waals surface area contributed by atoms with E-state index in [1.807, 2.05) is 0 Å². The molecular weight excluding hydrogens is 285 g/mol. The number of nitrogens with one attached hydrogen (secondary N) is 1. The normalized spacial score (nSPS) is 13.6. The van der Waals surface area contributed by atoms with Gasteiger partial charge in [0.05, 0.1) is 23.7 Å². The number of aliphatic carboxylic acids is 1. The van der Waals surface area contributed by atoms with Gasteiger partial charge in [0.1, 0.15) is 5.82 Å². The zero-order valence-corrected chi connectivity index (χ0v) is 11.7. The Labute approximate surface area is 120 Å². The number of hydrogen-bond donors (Lipinski definition) is 3. The lowest BCUT2D eigenvalue weighted by Crippen LogP contribution is -2.38. The second-order valence-corrected chi connectivity index (χ2v) is 5.23. The van der Waals surface area contributed by atoms with Crippen LogP contribution in [-0.4, -0.2) is 39.6 Å². The van der Waals surface area contributed by atoms with Crippen LogP contribution >= 0.6 is 11.8 Å². The third kappa shape index (κ3) is 5.58. The highest BCUT2D eigenvalue weighted by atomic mass is 32.2. The summed E-state index contributed by atoms with van der Waals surface area (Å²) in [6, 6.07) is 4.91. The SMILES string of the molecule is CC(NC(=O)CSCC(=O)O)C(O)c1cccc(F)c1. The van der Waals surface area contributed by atoms with Crippen molar-refractivity contribution in [3.05, 3.63) is 35.6 Å². The molecule has 0 aromatic heterocycles. The van der Waals surface area contributed by atoms with Crippen molar-refractivity contribution in [2.75, 3.05) is 11.5 Å². The average molecular weight is 301 g/mol. The zero-order chi connectivity index (χ0) is 15.1. The lowest BCUT2D eigenvalue weighted by Gasteiger charge is -2.20. The van der Waals surface area contributed by atoms with Crippen molar-refractivity contribution in [3.63, 3.8) is 0 Å². The number of hydrogen-bond acceptors (Lipinski definition) is 4. The highest BCUT2D eigenvalue weighted by Gasteiger charge is 2.18. The van der Waals surface area contributed by atoms with E-state index in [1.165, 1.54) is 18.2 Å². The Morgan fingerprint density at radius 2 is 2.10 bits per heavy atom. The largest absolute Gasteiger partial charge is 0.481 e. The first kappa shape index (κ1) is 16.5. The fraction of sp³-hybridized carbons (Fsp3) is 0.385. The molecule has 20 heavy (non-hydrogen) atoms. The average Bonchev–Trinajstić information content (AvgIpc) is 2.37. The molecule has 0 aliphatic carbocycles. The van der Waals surface area contributed by atoms with Gasteiger partial charge in [0.2, 0.25) is 5.91 Å². The molecule has 0 bridgehead atoms. The van der Waals surface area contributed by atoms with E-state index in [2.05, 4.69) is 5.32 Å². The van der Waals surface area contributed by atoms with E-state index in [1.54, 1.807) is 13.0 Å². The van der Waals surface area contributed by atoms with Gasteiger partial charge in [-0.1, -0.05) is 12.1 Å². The maximum absolute atomic E-state index is 13.0. The Kier molecular flexibility index (Phi) is 6.47. The predicted molar refractivity (Wildman–Crippen MR) is 73.9 cm³/mol. The van der Waals surface area contributed by atoms with E-state index in [4.69, 9.17) is 5.11 Å². The topological polar surface area (TPSA) is 86.6 Å². The molecule has 1 amide bonds. The van der Waals surface area contributed by atoms with Crippen LogP contribution in [0.4, 0.5) is 4.39 Å². The van der Waals surface area contributed by atoms with Gasteiger partial charge in [0.15, 0.2) is 0 Å². The lowest BCUT2D eigenvalue weighted by molar-refractivity contribution is -0.133. The van der Waals surface area contributed by atoms with E-state index < -0.39 is 23.9 Å². The molecule has 0 radical (unpaired) electrons. The summed E-state index contributed by atoms with van der Waals surface area (Å²) in [6.07, 6.45) is -1.03. The van der Waals surface area contributed by atoms with Gasteiger partial charge < -0.3 is 15.5 Å².